The molecule has 5 rings (SSSR count). The minimum Gasteiger partial charge on any atom is -0.438 e. The fourth-order valence-corrected chi connectivity index (χ4v) is 4.40. The van der Waals surface area contributed by atoms with Crippen LogP contribution in [0.2, 0.25) is 0 Å². The van der Waals surface area contributed by atoms with E-state index < -0.39 is 0 Å². The molecule has 0 spiro atoms. The number of nitrogens with zero attached hydrogens (tertiary/aromatic N) is 4. The molecule has 0 radical (unpaired) electrons. The van der Waals surface area contributed by atoms with Gasteiger partial charge in [-0.2, -0.15) is 4.98 Å². The molecule has 0 saturated heterocycles. The number of rotatable bonds is 7. The van der Waals surface area contributed by atoms with Crippen LogP contribution in [0.4, 0.5) is 10.3 Å². The van der Waals surface area contributed by atoms with Crippen molar-refractivity contribution in [1.29, 1.82) is 0 Å². The Bertz CT molecular complexity index is 1310. The summed E-state index contributed by atoms with van der Waals surface area (Å²) < 4.78 is 20.6. The number of fused-ring (bicyclic) bond motifs is 1. The number of benzene rings is 3. The van der Waals surface area contributed by atoms with Gasteiger partial charge in [0.05, 0.1) is 11.3 Å². The van der Waals surface area contributed by atoms with E-state index in [4.69, 9.17) is 14.7 Å². The molecule has 0 fully saturated rings. The number of halogens is 1. The van der Waals surface area contributed by atoms with Gasteiger partial charge in [0.25, 0.3) is 0 Å². The topological polar surface area (TPSA) is 41.5 Å². The molecule has 4 aromatic rings. The van der Waals surface area contributed by atoms with Crippen molar-refractivity contribution in [2.24, 2.45) is 0 Å². The maximum Gasteiger partial charge on any atom is 0.228 e. The summed E-state index contributed by atoms with van der Waals surface area (Å²) in [6.45, 7) is 4.67. The molecule has 1 aromatic heterocycles. The number of aryl methyl sites for hydroxylation is 1. The highest BCUT2D eigenvalue weighted by molar-refractivity contribution is 5.44. The van der Waals surface area contributed by atoms with Crippen molar-refractivity contribution < 1.29 is 9.13 Å². The second kappa shape index (κ2) is 10.2. The Labute approximate surface area is 205 Å². The zero-order chi connectivity index (χ0) is 24.2. The molecule has 6 heteroatoms. The SMILES string of the molecule is Cc1cccc(Oc2nc(N(C)Cc3ccccc3)nc3c2CN(Cc2ccccc2F)CC3)c1. The molecule has 178 valence electrons. The van der Waals surface area contributed by atoms with Crippen molar-refractivity contribution in [2.45, 2.75) is 33.0 Å². The standard InChI is InChI=1S/C29H29FN4O/c1-21-9-8-13-24(17-21)35-28-25-20-34(19-23-12-6-7-14-26(23)30)16-15-27(25)31-29(32-28)33(2)18-22-10-4-3-5-11-22/h3-14,17H,15-16,18-20H2,1-2H3. The van der Waals surface area contributed by atoms with Crippen LogP contribution in [0.25, 0.3) is 0 Å². The largest absolute Gasteiger partial charge is 0.438 e. The summed E-state index contributed by atoms with van der Waals surface area (Å²) in [5.41, 5.74) is 4.95. The zero-order valence-corrected chi connectivity index (χ0v) is 20.1. The highest BCUT2D eigenvalue weighted by Gasteiger charge is 2.25. The number of anilines is 1. The fraction of sp³-hybridized carbons (Fsp3) is 0.241. The molecule has 0 bridgehead atoms. The van der Waals surface area contributed by atoms with E-state index in [1.807, 2.05) is 73.5 Å². The Morgan fingerprint density at radius 2 is 1.77 bits per heavy atom. The lowest BCUT2D eigenvalue weighted by molar-refractivity contribution is 0.235. The average molecular weight is 469 g/mol. The van der Waals surface area contributed by atoms with E-state index >= 15 is 0 Å². The number of aromatic nitrogens is 2. The minimum absolute atomic E-state index is 0.177. The highest BCUT2D eigenvalue weighted by Crippen LogP contribution is 2.32. The number of hydrogen-bond donors (Lipinski definition) is 0. The third-order valence-electron chi connectivity index (χ3n) is 6.25. The predicted molar refractivity (Wildman–Crippen MR) is 136 cm³/mol. The molecule has 0 unspecified atom stereocenters. The van der Waals surface area contributed by atoms with E-state index in [1.54, 1.807) is 6.07 Å². The van der Waals surface area contributed by atoms with Crippen LogP contribution in [0.1, 0.15) is 27.9 Å². The Morgan fingerprint density at radius 3 is 2.57 bits per heavy atom. The number of hydrogen-bond acceptors (Lipinski definition) is 5. The molecule has 0 aliphatic carbocycles. The third-order valence-corrected chi connectivity index (χ3v) is 6.25. The zero-order valence-electron chi connectivity index (χ0n) is 20.1. The molecule has 3 aromatic carbocycles. The van der Waals surface area contributed by atoms with Gasteiger partial charge in [0, 0.05) is 45.2 Å². The van der Waals surface area contributed by atoms with Crippen molar-refractivity contribution in [3.63, 3.8) is 0 Å². The summed E-state index contributed by atoms with van der Waals surface area (Å²) in [7, 11) is 2.00. The smallest absolute Gasteiger partial charge is 0.228 e. The van der Waals surface area contributed by atoms with Crippen LogP contribution < -0.4 is 9.64 Å². The van der Waals surface area contributed by atoms with Crippen LogP contribution >= 0.6 is 0 Å². The van der Waals surface area contributed by atoms with Crippen molar-refractivity contribution in [1.82, 2.24) is 14.9 Å². The first-order valence-electron chi connectivity index (χ1n) is 11.9. The Morgan fingerprint density at radius 1 is 0.971 bits per heavy atom. The van der Waals surface area contributed by atoms with E-state index in [-0.39, 0.29) is 5.82 Å². The summed E-state index contributed by atoms with van der Waals surface area (Å²) in [5.74, 6) is 1.77. The van der Waals surface area contributed by atoms with Gasteiger partial charge in [0.1, 0.15) is 11.6 Å². The van der Waals surface area contributed by atoms with Gasteiger partial charge >= 0.3 is 0 Å². The molecular weight excluding hydrogens is 439 g/mol. The summed E-state index contributed by atoms with van der Waals surface area (Å²) in [6.07, 6.45) is 0.753. The van der Waals surface area contributed by atoms with Gasteiger partial charge in [-0.05, 0) is 36.2 Å². The first-order chi connectivity index (χ1) is 17.0. The third kappa shape index (κ3) is 5.49. The minimum atomic E-state index is -0.177. The van der Waals surface area contributed by atoms with E-state index in [0.29, 0.717) is 37.0 Å². The van der Waals surface area contributed by atoms with E-state index in [1.165, 1.54) is 11.6 Å². The van der Waals surface area contributed by atoms with Crippen LogP contribution in [0, 0.1) is 12.7 Å². The first kappa shape index (κ1) is 23.0. The maximum atomic E-state index is 14.3. The van der Waals surface area contributed by atoms with E-state index in [9.17, 15) is 4.39 Å². The molecule has 1 aliphatic rings. The predicted octanol–water partition coefficient (Wildman–Crippen LogP) is 5.91. The molecule has 0 N–H and O–H groups in total. The second-order valence-electron chi connectivity index (χ2n) is 9.07. The van der Waals surface area contributed by atoms with Crippen molar-refractivity contribution in [3.8, 4) is 11.6 Å². The van der Waals surface area contributed by atoms with Crippen molar-refractivity contribution in [2.75, 3.05) is 18.5 Å². The number of ether oxygens (including phenoxy) is 1. The molecule has 5 nitrogen and oxygen atoms in total. The molecule has 35 heavy (non-hydrogen) atoms. The summed E-state index contributed by atoms with van der Waals surface area (Å²) in [5, 5.41) is 0. The molecular formula is C29H29FN4O. The molecule has 2 heterocycles. The van der Waals surface area contributed by atoms with Crippen molar-refractivity contribution >= 4 is 5.95 Å². The van der Waals surface area contributed by atoms with Crippen LogP contribution in [-0.2, 0) is 26.1 Å². The molecule has 1 aliphatic heterocycles. The van der Waals surface area contributed by atoms with Crippen molar-refractivity contribution in [3.05, 3.63) is 113 Å². The normalized spacial score (nSPS) is 13.3. The molecule has 0 atom stereocenters. The van der Waals surface area contributed by atoms with Gasteiger partial charge in [-0.15, -0.1) is 0 Å². The lowest BCUT2D eigenvalue weighted by Gasteiger charge is -2.30. The molecule has 0 amide bonds. The van der Waals surface area contributed by atoms with Gasteiger partial charge in [-0.25, -0.2) is 9.37 Å². The Balaban J connectivity index is 1.45. The van der Waals surface area contributed by atoms with Gasteiger partial charge in [0.2, 0.25) is 11.8 Å². The van der Waals surface area contributed by atoms with Crippen LogP contribution in [0.5, 0.6) is 11.6 Å². The summed E-state index contributed by atoms with van der Waals surface area (Å²) >= 11 is 0. The Kier molecular flexibility index (Phi) is 6.73. The van der Waals surface area contributed by atoms with Gasteiger partial charge in [-0.3, -0.25) is 4.90 Å². The quantitative estimate of drug-likeness (QED) is 0.337. The highest BCUT2D eigenvalue weighted by atomic mass is 19.1. The fourth-order valence-electron chi connectivity index (χ4n) is 4.40. The average Bonchev–Trinajstić information content (AvgIpc) is 2.86. The summed E-state index contributed by atoms with van der Waals surface area (Å²) in [4.78, 5) is 14.0. The van der Waals surface area contributed by atoms with Gasteiger partial charge < -0.3 is 9.64 Å². The maximum absolute atomic E-state index is 14.3. The summed E-state index contributed by atoms with van der Waals surface area (Å²) in [6, 6.07) is 25.2. The molecule has 0 saturated carbocycles. The van der Waals surface area contributed by atoms with Gasteiger partial charge in [-0.1, -0.05) is 60.7 Å². The van der Waals surface area contributed by atoms with E-state index in [2.05, 4.69) is 17.0 Å². The Hall–Kier alpha value is -3.77. The lowest BCUT2D eigenvalue weighted by atomic mass is 10.1. The van der Waals surface area contributed by atoms with Crippen LogP contribution in [-0.4, -0.2) is 28.5 Å². The van der Waals surface area contributed by atoms with Gasteiger partial charge in [0.15, 0.2) is 0 Å². The second-order valence-corrected chi connectivity index (χ2v) is 9.07. The van der Waals surface area contributed by atoms with Crippen LogP contribution in [0.15, 0.2) is 78.9 Å². The van der Waals surface area contributed by atoms with Crippen LogP contribution in [0.3, 0.4) is 0 Å². The monoisotopic (exact) mass is 468 g/mol. The van der Waals surface area contributed by atoms with E-state index in [0.717, 1.165) is 35.5 Å². The first-order valence-corrected chi connectivity index (χ1v) is 11.9. The lowest BCUT2D eigenvalue weighted by Crippen LogP contribution is -2.32.